The summed E-state index contributed by atoms with van der Waals surface area (Å²) in [5.74, 6) is 2.13. The number of aryl methyl sites for hydroxylation is 1. The lowest BCUT2D eigenvalue weighted by Gasteiger charge is -2.05. The number of amides is 1. The predicted octanol–water partition coefficient (Wildman–Crippen LogP) is 3.29. The SMILES string of the molecule is CCCOc1ccc(CCC(=O)N/N=C/c2ccc3c(c2)OCO3)cc1. The monoisotopic (exact) mass is 354 g/mol. The van der Waals surface area contributed by atoms with E-state index in [1.165, 1.54) is 0 Å². The number of hydrogen-bond donors (Lipinski definition) is 1. The third-order valence-corrected chi connectivity index (χ3v) is 3.84. The summed E-state index contributed by atoms with van der Waals surface area (Å²) in [5, 5.41) is 3.99. The number of rotatable bonds is 8. The summed E-state index contributed by atoms with van der Waals surface area (Å²) in [7, 11) is 0. The molecule has 1 aliphatic heterocycles. The molecule has 0 aromatic heterocycles. The number of nitrogens with one attached hydrogen (secondary N) is 1. The zero-order valence-electron chi connectivity index (χ0n) is 14.7. The molecule has 6 heteroatoms. The summed E-state index contributed by atoms with van der Waals surface area (Å²) in [5.41, 5.74) is 4.46. The summed E-state index contributed by atoms with van der Waals surface area (Å²) >= 11 is 0. The molecule has 3 rings (SSSR count). The Kier molecular flexibility index (Phi) is 6.09. The highest BCUT2D eigenvalue weighted by Gasteiger charge is 2.12. The van der Waals surface area contributed by atoms with Crippen LogP contribution < -0.4 is 19.6 Å². The average molecular weight is 354 g/mol. The van der Waals surface area contributed by atoms with E-state index in [1.807, 2.05) is 42.5 Å². The van der Waals surface area contributed by atoms with Crippen LogP contribution in [0.25, 0.3) is 0 Å². The van der Waals surface area contributed by atoms with Crippen molar-refractivity contribution in [2.75, 3.05) is 13.4 Å². The Morgan fingerprint density at radius 3 is 2.81 bits per heavy atom. The second-order valence-electron chi connectivity index (χ2n) is 5.90. The number of hydrazone groups is 1. The molecule has 1 amide bonds. The number of hydrogen-bond acceptors (Lipinski definition) is 5. The molecule has 0 unspecified atom stereocenters. The molecule has 2 aromatic rings. The average Bonchev–Trinajstić information content (AvgIpc) is 3.13. The molecule has 6 nitrogen and oxygen atoms in total. The first-order valence-electron chi connectivity index (χ1n) is 8.68. The first kappa shape index (κ1) is 17.8. The molecule has 26 heavy (non-hydrogen) atoms. The fourth-order valence-electron chi connectivity index (χ4n) is 2.46. The zero-order chi connectivity index (χ0) is 18.2. The number of benzene rings is 2. The van der Waals surface area contributed by atoms with E-state index in [1.54, 1.807) is 6.21 Å². The molecule has 0 aliphatic carbocycles. The number of carbonyl (C=O) groups is 1. The Hall–Kier alpha value is -3.02. The molecule has 0 radical (unpaired) electrons. The number of fused-ring (bicyclic) bond motifs is 1. The van der Waals surface area contributed by atoms with Gasteiger partial charge in [0.15, 0.2) is 11.5 Å². The number of nitrogens with zero attached hydrogens (tertiary/aromatic N) is 1. The fraction of sp³-hybridized carbons (Fsp3) is 0.300. The molecule has 0 saturated carbocycles. The highest BCUT2D eigenvalue weighted by molar-refractivity contribution is 5.83. The van der Waals surface area contributed by atoms with Crippen LogP contribution in [-0.2, 0) is 11.2 Å². The summed E-state index contributed by atoms with van der Waals surface area (Å²) in [6, 6.07) is 13.3. The van der Waals surface area contributed by atoms with Crippen molar-refractivity contribution in [1.82, 2.24) is 5.43 Å². The highest BCUT2D eigenvalue weighted by atomic mass is 16.7. The maximum Gasteiger partial charge on any atom is 0.240 e. The van der Waals surface area contributed by atoms with Gasteiger partial charge in [-0.15, -0.1) is 0 Å². The van der Waals surface area contributed by atoms with Gasteiger partial charge < -0.3 is 14.2 Å². The predicted molar refractivity (Wildman–Crippen MR) is 98.9 cm³/mol. The fourth-order valence-corrected chi connectivity index (χ4v) is 2.46. The third kappa shape index (κ3) is 4.99. The van der Waals surface area contributed by atoms with Crippen LogP contribution in [0.5, 0.6) is 17.2 Å². The Morgan fingerprint density at radius 2 is 2.00 bits per heavy atom. The van der Waals surface area contributed by atoms with Gasteiger partial charge in [-0.25, -0.2) is 5.43 Å². The van der Waals surface area contributed by atoms with E-state index in [0.717, 1.165) is 29.0 Å². The molecule has 0 bridgehead atoms. The van der Waals surface area contributed by atoms with Gasteiger partial charge in [0.2, 0.25) is 12.7 Å². The molecule has 0 fully saturated rings. The molecular weight excluding hydrogens is 332 g/mol. The van der Waals surface area contributed by atoms with Crippen LogP contribution in [0.2, 0.25) is 0 Å². The van der Waals surface area contributed by atoms with Crippen LogP contribution in [0, 0.1) is 0 Å². The zero-order valence-corrected chi connectivity index (χ0v) is 14.7. The normalized spacial score (nSPS) is 12.3. The van der Waals surface area contributed by atoms with E-state index < -0.39 is 0 Å². The molecular formula is C20H22N2O4. The molecule has 0 spiro atoms. The quantitative estimate of drug-likeness (QED) is 0.583. The highest BCUT2D eigenvalue weighted by Crippen LogP contribution is 2.31. The minimum atomic E-state index is -0.131. The van der Waals surface area contributed by atoms with Crippen molar-refractivity contribution < 1.29 is 19.0 Å². The summed E-state index contributed by atoms with van der Waals surface area (Å²) in [4.78, 5) is 11.9. The Bertz CT molecular complexity index is 772. The van der Waals surface area contributed by atoms with Crippen LogP contribution in [0.15, 0.2) is 47.6 Å². The lowest BCUT2D eigenvalue weighted by molar-refractivity contribution is -0.121. The maximum absolute atomic E-state index is 11.9. The van der Waals surface area contributed by atoms with Crippen LogP contribution >= 0.6 is 0 Å². The molecule has 1 N–H and O–H groups in total. The van der Waals surface area contributed by atoms with E-state index in [4.69, 9.17) is 14.2 Å². The van der Waals surface area contributed by atoms with Crippen molar-refractivity contribution in [3.63, 3.8) is 0 Å². The topological polar surface area (TPSA) is 69.2 Å². The van der Waals surface area contributed by atoms with Gasteiger partial charge >= 0.3 is 0 Å². The Labute approximate surface area is 152 Å². The van der Waals surface area contributed by atoms with Gasteiger partial charge in [0.1, 0.15) is 5.75 Å². The van der Waals surface area contributed by atoms with Gasteiger partial charge in [0.25, 0.3) is 0 Å². The van der Waals surface area contributed by atoms with Crippen molar-refractivity contribution in [1.29, 1.82) is 0 Å². The van der Waals surface area contributed by atoms with Crippen molar-refractivity contribution >= 4 is 12.1 Å². The van der Waals surface area contributed by atoms with E-state index in [-0.39, 0.29) is 12.7 Å². The van der Waals surface area contributed by atoms with Crippen molar-refractivity contribution in [3.8, 4) is 17.2 Å². The van der Waals surface area contributed by atoms with Gasteiger partial charge in [-0.1, -0.05) is 19.1 Å². The second kappa shape index (κ2) is 8.89. The summed E-state index contributed by atoms with van der Waals surface area (Å²) < 4.78 is 16.1. The maximum atomic E-state index is 11.9. The minimum absolute atomic E-state index is 0.131. The summed E-state index contributed by atoms with van der Waals surface area (Å²) in [6.07, 6.45) is 3.58. The van der Waals surface area contributed by atoms with Gasteiger partial charge in [-0.3, -0.25) is 4.79 Å². The van der Waals surface area contributed by atoms with E-state index in [2.05, 4.69) is 17.5 Å². The van der Waals surface area contributed by atoms with Crippen LogP contribution in [0.1, 0.15) is 30.9 Å². The lowest BCUT2D eigenvalue weighted by Crippen LogP contribution is -2.17. The summed E-state index contributed by atoms with van der Waals surface area (Å²) in [6.45, 7) is 3.02. The Morgan fingerprint density at radius 1 is 1.19 bits per heavy atom. The minimum Gasteiger partial charge on any atom is -0.494 e. The molecule has 1 aliphatic rings. The smallest absolute Gasteiger partial charge is 0.240 e. The van der Waals surface area contributed by atoms with Crippen LogP contribution in [-0.4, -0.2) is 25.5 Å². The van der Waals surface area contributed by atoms with E-state index in [0.29, 0.717) is 25.2 Å². The molecule has 0 atom stereocenters. The van der Waals surface area contributed by atoms with E-state index in [9.17, 15) is 4.79 Å². The standard InChI is InChI=1S/C20H22N2O4/c1-2-11-24-17-7-3-15(4-8-17)6-10-20(23)22-21-13-16-5-9-18-19(12-16)26-14-25-18/h3-5,7-9,12-13H,2,6,10-11,14H2,1H3,(H,22,23)/b21-13+. The van der Waals surface area contributed by atoms with Crippen molar-refractivity contribution in [3.05, 3.63) is 53.6 Å². The number of carbonyl (C=O) groups excluding carboxylic acids is 1. The van der Waals surface area contributed by atoms with Crippen LogP contribution in [0.3, 0.4) is 0 Å². The van der Waals surface area contributed by atoms with E-state index >= 15 is 0 Å². The van der Waals surface area contributed by atoms with Gasteiger partial charge in [0, 0.05) is 6.42 Å². The van der Waals surface area contributed by atoms with Gasteiger partial charge in [-0.05, 0) is 54.3 Å². The first-order chi connectivity index (χ1) is 12.7. The van der Waals surface area contributed by atoms with Crippen molar-refractivity contribution in [2.24, 2.45) is 5.10 Å². The second-order valence-corrected chi connectivity index (χ2v) is 5.90. The van der Waals surface area contributed by atoms with Crippen molar-refractivity contribution in [2.45, 2.75) is 26.2 Å². The number of ether oxygens (including phenoxy) is 3. The first-order valence-corrected chi connectivity index (χ1v) is 8.68. The van der Waals surface area contributed by atoms with Gasteiger partial charge in [0.05, 0.1) is 12.8 Å². The Balaban J connectivity index is 1.42. The largest absolute Gasteiger partial charge is 0.494 e. The lowest BCUT2D eigenvalue weighted by atomic mass is 10.1. The molecule has 2 aromatic carbocycles. The third-order valence-electron chi connectivity index (χ3n) is 3.84. The van der Waals surface area contributed by atoms with Crippen LogP contribution in [0.4, 0.5) is 0 Å². The molecule has 136 valence electrons. The van der Waals surface area contributed by atoms with Gasteiger partial charge in [-0.2, -0.15) is 5.10 Å². The molecule has 0 saturated heterocycles. The molecule has 1 heterocycles.